The second-order valence-corrected chi connectivity index (χ2v) is 5.24. The third kappa shape index (κ3) is 4.73. The van der Waals surface area contributed by atoms with Gasteiger partial charge in [0.1, 0.15) is 5.75 Å². The molecular formula is C12H16Cl3NO2. The Labute approximate surface area is 122 Å². The van der Waals surface area contributed by atoms with Crippen LogP contribution in [-0.2, 0) is 0 Å². The predicted octanol–water partition coefficient (Wildman–Crippen LogP) is 3.79. The number of ether oxygens (including phenoxy) is 1. The van der Waals surface area contributed by atoms with Crippen LogP contribution in [0.4, 0.5) is 5.69 Å². The van der Waals surface area contributed by atoms with Crippen molar-refractivity contribution in [2.45, 2.75) is 26.1 Å². The van der Waals surface area contributed by atoms with Gasteiger partial charge in [-0.2, -0.15) is 0 Å². The molecule has 3 nitrogen and oxygen atoms in total. The van der Waals surface area contributed by atoms with Crippen LogP contribution >= 0.6 is 34.8 Å². The van der Waals surface area contributed by atoms with E-state index in [1.165, 1.54) is 0 Å². The van der Waals surface area contributed by atoms with Crippen molar-refractivity contribution in [2.75, 3.05) is 17.7 Å². The van der Waals surface area contributed by atoms with Crippen molar-refractivity contribution in [3.8, 4) is 5.75 Å². The van der Waals surface area contributed by atoms with Crippen LogP contribution in [-0.4, -0.2) is 29.7 Å². The molecule has 1 aromatic carbocycles. The van der Waals surface area contributed by atoms with Crippen LogP contribution in [0, 0.1) is 0 Å². The number of aliphatic hydroxyl groups excluding tert-OH is 1. The molecule has 0 amide bonds. The predicted molar refractivity (Wildman–Crippen MR) is 77.4 cm³/mol. The number of hydrogen-bond donors (Lipinski definition) is 2. The lowest BCUT2D eigenvalue weighted by Gasteiger charge is -2.15. The number of aliphatic hydroxyl groups is 1. The molecule has 2 N–H and O–H groups in total. The highest BCUT2D eigenvalue weighted by molar-refractivity contribution is 6.36. The molecule has 1 unspecified atom stereocenters. The zero-order valence-electron chi connectivity index (χ0n) is 10.2. The van der Waals surface area contributed by atoms with Gasteiger partial charge >= 0.3 is 0 Å². The molecule has 0 bridgehead atoms. The van der Waals surface area contributed by atoms with Crippen LogP contribution in [0.5, 0.6) is 5.75 Å². The van der Waals surface area contributed by atoms with Crippen molar-refractivity contribution in [3.05, 3.63) is 22.2 Å². The molecule has 0 aliphatic rings. The molecule has 1 rings (SSSR count). The van der Waals surface area contributed by atoms with Gasteiger partial charge in [-0.15, -0.1) is 11.6 Å². The van der Waals surface area contributed by atoms with E-state index in [0.717, 1.165) is 0 Å². The summed E-state index contributed by atoms with van der Waals surface area (Å²) in [5.41, 5.74) is 0.641. The zero-order valence-corrected chi connectivity index (χ0v) is 12.5. The molecule has 0 saturated carbocycles. The Hall–Kier alpha value is -0.350. The fourth-order valence-electron chi connectivity index (χ4n) is 1.29. The van der Waals surface area contributed by atoms with Crippen LogP contribution in [0.3, 0.4) is 0 Å². The zero-order chi connectivity index (χ0) is 13.7. The van der Waals surface area contributed by atoms with E-state index in [9.17, 15) is 5.11 Å². The van der Waals surface area contributed by atoms with E-state index in [2.05, 4.69) is 5.32 Å². The fraction of sp³-hybridized carbons (Fsp3) is 0.500. The van der Waals surface area contributed by atoms with Gasteiger partial charge in [0.15, 0.2) is 0 Å². The number of benzene rings is 1. The molecule has 0 saturated heterocycles. The first-order valence-corrected chi connectivity index (χ1v) is 6.86. The number of hydrogen-bond acceptors (Lipinski definition) is 3. The summed E-state index contributed by atoms with van der Waals surface area (Å²) >= 11 is 17.7. The largest absolute Gasteiger partial charge is 0.489 e. The van der Waals surface area contributed by atoms with Gasteiger partial charge < -0.3 is 15.2 Å². The highest BCUT2D eigenvalue weighted by Gasteiger charge is 2.10. The summed E-state index contributed by atoms with van der Waals surface area (Å²) in [7, 11) is 0. The molecule has 1 atom stereocenters. The van der Waals surface area contributed by atoms with Crippen LogP contribution in [0.15, 0.2) is 12.1 Å². The quantitative estimate of drug-likeness (QED) is 0.785. The molecule has 0 aliphatic heterocycles. The molecule has 102 valence electrons. The summed E-state index contributed by atoms with van der Waals surface area (Å²) in [5, 5.41) is 13.3. The topological polar surface area (TPSA) is 41.5 Å². The second-order valence-electron chi connectivity index (χ2n) is 4.12. The van der Waals surface area contributed by atoms with Crippen molar-refractivity contribution in [1.82, 2.24) is 0 Å². The summed E-state index contributed by atoms with van der Waals surface area (Å²) in [5.74, 6) is 0.701. The van der Waals surface area contributed by atoms with E-state index in [1.807, 2.05) is 13.8 Å². The van der Waals surface area contributed by atoms with Crippen LogP contribution < -0.4 is 10.1 Å². The van der Waals surface area contributed by atoms with Crippen molar-refractivity contribution in [2.24, 2.45) is 0 Å². The number of halogens is 3. The molecule has 1 aromatic rings. The SMILES string of the molecule is CC(C)Oc1cc(Cl)c(NCC(O)CCl)cc1Cl. The van der Waals surface area contributed by atoms with E-state index >= 15 is 0 Å². The van der Waals surface area contributed by atoms with Gasteiger partial charge in [0, 0.05) is 12.6 Å². The van der Waals surface area contributed by atoms with Crippen molar-refractivity contribution >= 4 is 40.5 Å². The first kappa shape index (κ1) is 15.7. The van der Waals surface area contributed by atoms with Crippen LogP contribution in [0.2, 0.25) is 10.0 Å². The fourth-order valence-corrected chi connectivity index (χ4v) is 1.83. The van der Waals surface area contributed by atoms with Gasteiger partial charge in [-0.25, -0.2) is 0 Å². The Morgan fingerprint density at radius 3 is 2.50 bits per heavy atom. The van der Waals surface area contributed by atoms with Gasteiger partial charge in [0.25, 0.3) is 0 Å². The molecule has 0 fully saturated rings. The average molecular weight is 313 g/mol. The Balaban J connectivity index is 2.79. The van der Waals surface area contributed by atoms with E-state index in [1.54, 1.807) is 12.1 Å². The lowest BCUT2D eigenvalue weighted by molar-refractivity contribution is 0.211. The number of alkyl halides is 1. The van der Waals surface area contributed by atoms with E-state index in [0.29, 0.717) is 28.0 Å². The summed E-state index contributed by atoms with van der Waals surface area (Å²) < 4.78 is 5.51. The van der Waals surface area contributed by atoms with Crippen molar-refractivity contribution in [1.29, 1.82) is 0 Å². The van der Waals surface area contributed by atoms with Crippen LogP contribution in [0.1, 0.15) is 13.8 Å². The maximum Gasteiger partial charge on any atom is 0.139 e. The van der Waals surface area contributed by atoms with Gasteiger partial charge in [0.05, 0.1) is 33.8 Å². The van der Waals surface area contributed by atoms with Crippen LogP contribution in [0.25, 0.3) is 0 Å². The maximum absolute atomic E-state index is 9.36. The number of anilines is 1. The third-order valence-corrected chi connectivity index (χ3v) is 3.05. The Morgan fingerprint density at radius 1 is 1.28 bits per heavy atom. The summed E-state index contributed by atoms with van der Waals surface area (Å²) in [6, 6.07) is 3.32. The summed E-state index contributed by atoms with van der Waals surface area (Å²) in [6.07, 6.45) is -0.608. The molecule has 18 heavy (non-hydrogen) atoms. The van der Waals surface area contributed by atoms with Gasteiger partial charge in [-0.3, -0.25) is 0 Å². The standard InChI is InChI=1S/C12H16Cl3NO2/c1-7(2)18-12-4-9(14)11(3-10(12)15)16-6-8(17)5-13/h3-4,7-8,16-17H,5-6H2,1-2H3. The number of nitrogens with one attached hydrogen (secondary N) is 1. The first-order valence-electron chi connectivity index (χ1n) is 5.57. The minimum Gasteiger partial charge on any atom is -0.489 e. The van der Waals surface area contributed by atoms with Crippen molar-refractivity contribution in [3.63, 3.8) is 0 Å². The minimum absolute atomic E-state index is 0.0236. The van der Waals surface area contributed by atoms with E-state index in [4.69, 9.17) is 39.5 Å². The number of rotatable bonds is 6. The smallest absolute Gasteiger partial charge is 0.139 e. The minimum atomic E-state index is -0.631. The molecule has 0 aromatic heterocycles. The Morgan fingerprint density at radius 2 is 1.94 bits per heavy atom. The highest BCUT2D eigenvalue weighted by Crippen LogP contribution is 2.34. The Bertz CT molecular complexity index is 399. The molecule has 0 aliphatic carbocycles. The van der Waals surface area contributed by atoms with E-state index < -0.39 is 6.10 Å². The first-order chi connectivity index (χ1) is 8.43. The molecule has 0 spiro atoms. The van der Waals surface area contributed by atoms with Gasteiger partial charge in [-0.1, -0.05) is 23.2 Å². The molecule has 0 radical (unpaired) electrons. The molecular weight excluding hydrogens is 296 g/mol. The lowest BCUT2D eigenvalue weighted by Crippen LogP contribution is -2.20. The monoisotopic (exact) mass is 311 g/mol. The van der Waals surface area contributed by atoms with Crippen molar-refractivity contribution < 1.29 is 9.84 Å². The average Bonchev–Trinajstić information content (AvgIpc) is 2.30. The highest BCUT2D eigenvalue weighted by atomic mass is 35.5. The Kier molecular flexibility index (Phi) is 6.36. The summed E-state index contributed by atoms with van der Waals surface area (Å²) in [4.78, 5) is 0. The lowest BCUT2D eigenvalue weighted by atomic mass is 10.2. The molecule has 6 heteroatoms. The summed E-state index contributed by atoms with van der Waals surface area (Å²) in [6.45, 7) is 4.13. The van der Waals surface area contributed by atoms with Gasteiger partial charge in [-0.05, 0) is 19.9 Å². The maximum atomic E-state index is 9.36. The molecule has 0 heterocycles. The third-order valence-electron chi connectivity index (χ3n) is 2.09. The van der Waals surface area contributed by atoms with Gasteiger partial charge in [0.2, 0.25) is 0 Å². The normalized spacial score (nSPS) is 12.6. The second kappa shape index (κ2) is 7.29. The van der Waals surface area contributed by atoms with E-state index in [-0.39, 0.29) is 12.0 Å².